The molecular formula is C25H27FN6O3. The SMILES string of the molecule is CN(C[C@H](Cc1ccccc1)NC(=O)Cn1cnc2c1c(=O)n(C)c(=O)n2C)c1ccc(F)cc1. The van der Waals surface area contributed by atoms with Gasteiger partial charge in [0.2, 0.25) is 5.91 Å². The summed E-state index contributed by atoms with van der Waals surface area (Å²) in [5.74, 6) is -0.610. The van der Waals surface area contributed by atoms with Gasteiger partial charge in [-0.1, -0.05) is 30.3 Å². The lowest BCUT2D eigenvalue weighted by molar-refractivity contribution is -0.122. The minimum absolute atomic E-state index is 0.129. The Balaban J connectivity index is 1.55. The van der Waals surface area contributed by atoms with Crippen molar-refractivity contribution in [1.82, 2.24) is 24.0 Å². The van der Waals surface area contributed by atoms with E-state index in [1.165, 1.54) is 41.7 Å². The van der Waals surface area contributed by atoms with Crippen LogP contribution < -0.4 is 21.5 Å². The summed E-state index contributed by atoms with van der Waals surface area (Å²) in [6.45, 7) is 0.350. The topological polar surface area (TPSA) is 94.2 Å². The number of carbonyl (C=O) groups is 1. The molecule has 1 N–H and O–H groups in total. The average molecular weight is 479 g/mol. The highest BCUT2D eigenvalue weighted by atomic mass is 19.1. The van der Waals surface area contributed by atoms with E-state index in [1.54, 1.807) is 12.1 Å². The predicted molar refractivity (Wildman–Crippen MR) is 132 cm³/mol. The maximum atomic E-state index is 13.3. The fraction of sp³-hybridized carbons (Fsp3) is 0.280. The number of fused-ring (bicyclic) bond motifs is 1. The summed E-state index contributed by atoms with van der Waals surface area (Å²) in [4.78, 5) is 44.0. The Labute approximate surface area is 201 Å². The monoisotopic (exact) mass is 478 g/mol. The van der Waals surface area contributed by atoms with Crippen molar-refractivity contribution in [2.75, 3.05) is 18.5 Å². The van der Waals surface area contributed by atoms with Gasteiger partial charge in [-0.05, 0) is 36.2 Å². The normalized spacial score (nSPS) is 12.0. The first-order chi connectivity index (χ1) is 16.7. The standard InChI is InChI=1S/C25H27FN6O3/c1-29(20-11-9-18(26)10-12-20)14-19(13-17-7-5-4-6-8-17)28-21(33)15-32-16-27-23-22(32)24(34)31(3)25(35)30(23)2/h4-12,16,19H,13-15H2,1-3H3,(H,28,33)/t19-/m0/s1. The lowest BCUT2D eigenvalue weighted by atomic mass is 10.1. The molecule has 2 heterocycles. The van der Waals surface area contributed by atoms with Crippen LogP contribution >= 0.6 is 0 Å². The number of anilines is 1. The molecule has 0 radical (unpaired) electrons. The van der Waals surface area contributed by atoms with Gasteiger partial charge in [0, 0.05) is 33.4 Å². The van der Waals surface area contributed by atoms with Gasteiger partial charge < -0.3 is 14.8 Å². The molecule has 0 saturated carbocycles. The fourth-order valence-corrected chi connectivity index (χ4v) is 4.14. The molecule has 0 fully saturated rings. The third-order valence-electron chi connectivity index (χ3n) is 5.98. The van der Waals surface area contributed by atoms with Crippen LogP contribution in [-0.4, -0.2) is 44.2 Å². The van der Waals surface area contributed by atoms with Gasteiger partial charge in [0.1, 0.15) is 12.4 Å². The number of aryl methyl sites for hydroxylation is 1. The van der Waals surface area contributed by atoms with Crippen LogP contribution in [0.4, 0.5) is 10.1 Å². The number of amides is 1. The van der Waals surface area contributed by atoms with E-state index in [9.17, 15) is 18.8 Å². The third kappa shape index (κ3) is 5.16. The number of aromatic nitrogens is 4. The summed E-state index contributed by atoms with van der Waals surface area (Å²) in [7, 11) is 4.80. The number of likely N-dealkylation sites (N-methyl/N-ethyl adjacent to an activating group) is 1. The number of benzene rings is 2. The zero-order valence-electron chi connectivity index (χ0n) is 19.8. The maximum absolute atomic E-state index is 13.3. The minimum Gasteiger partial charge on any atom is -0.373 e. The van der Waals surface area contributed by atoms with Gasteiger partial charge in [0.05, 0.1) is 12.4 Å². The molecular weight excluding hydrogens is 451 g/mol. The van der Waals surface area contributed by atoms with E-state index in [1.807, 2.05) is 42.3 Å². The van der Waals surface area contributed by atoms with Crippen LogP contribution in [0.15, 0.2) is 70.5 Å². The van der Waals surface area contributed by atoms with Crippen LogP contribution in [0.5, 0.6) is 0 Å². The molecule has 182 valence electrons. The number of halogens is 1. The Morgan fingerprint density at radius 3 is 2.43 bits per heavy atom. The van der Waals surface area contributed by atoms with Crippen molar-refractivity contribution in [2.24, 2.45) is 14.1 Å². The van der Waals surface area contributed by atoms with Crippen LogP contribution in [-0.2, 0) is 31.9 Å². The molecule has 2 aromatic carbocycles. The second kappa shape index (κ2) is 9.96. The lowest BCUT2D eigenvalue weighted by Crippen LogP contribution is -2.45. The number of hydrogen-bond acceptors (Lipinski definition) is 5. The van der Waals surface area contributed by atoms with Gasteiger partial charge in [0.15, 0.2) is 11.2 Å². The van der Waals surface area contributed by atoms with Crippen molar-refractivity contribution >= 4 is 22.8 Å². The van der Waals surface area contributed by atoms with E-state index < -0.39 is 11.2 Å². The fourth-order valence-electron chi connectivity index (χ4n) is 4.14. The van der Waals surface area contributed by atoms with E-state index in [2.05, 4.69) is 10.3 Å². The van der Waals surface area contributed by atoms with Crippen molar-refractivity contribution in [3.8, 4) is 0 Å². The van der Waals surface area contributed by atoms with Crippen LogP contribution in [0.25, 0.3) is 11.2 Å². The van der Waals surface area contributed by atoms with E-state index in [0.29, 0.717) is 13.0 Å². The molecule has 0 aliphatic rings. The molecule has 10 heteroatoms. The molecule has 0 bridgehead atoms. The van der Waals surface area contributed by atoms with Crippen LogP contribution in [0.1, 0.15) is 5.56 Å². The number of nitrogens with one attached hydrogen (secondary N) is 1. The molecule has 0 aliphatic carbocycles. The second-order valence-electron chi connectivity index (χ2n) is 8.56. The van der Waals surface area contributed by atoms with Gasteiger partial charge in [-0.25, -0.2) is 14.2 Å². The number of rotatable bonds is 8. The molecule has 4 rings (SSSR count). The predicted octanol–water partition coefficient (Wildman–Crippen LogP) is 1.44. The van der Waals surface area contributed by atoms with E-state index in [-0.39, 0.29) is 35.5 Å². The maximum Gasteiger partial charge on any atom is 0.332 e. The number of nitrogens with zero attached hydrogens (tertiary/aromatic N) is 5. The van der Waals surface area contributed by atoms with Crippen molar-refractivity contribution in [2.45, 2.75) is 19.0 Å². The third-order valence-corrected chi connectivity index (χ3v) is 5.98. The Hall–Kier alpha value is -4.21. The summed E-state index contributed by atoms with van der Waals surface area (Å²) >= 11 is 0. The highest BCUT2D eigenvalue weighted by Gasteiger charge is 2.19. The zero-order chi connectivity index (χ0) is 25.1. The Bertz CT molecular complexity index is 1460. The molecule has 35 heavy (non-hydrogen) atoms. The Morgan fingerprint density at radius 1 is 1.06 bits per heavy atom. The highest BCUT2D eigenvalue weighted by Crippen LogP contribution is 2.15. The number of hydrogen-bond donors (Lipinski definition) is 1. The molecule has 0 spiro atoms. The van der Waals surface area contributed by atoms with Crippen LogP contribution in [0, 0.1) is 5.82 Å². The van der Waals surface area contributed by atoms with Gasteiger partial charge in [0.25, 0.3) is 5.56 Å². The number of imidazole rings is 1. The van der Waals surface area contributed by atoms with Gasteiger partial charge in [-0.15, -0.1) is 0 Å². The highest BCUT2D eigenvalue weighted by molar-refractivity contribution is 5.79. The Morgan fingerprint density at radius 2 is 1.74 bits per heavy atom. The van der Waals surface area contributed by atoms with E-state index in [4.69, 9.17) is 0 Å². The molecule has 4 aromatic rings. The smallest absolute Gasteiger partial charge is 0.332 e. The molecule has 2 aromatic heterocycles. The second-order valence-corrected chi connectivity index (χ2v) is 8.56. The average Bonchev–Trinajstić information content (AvgIpc) is 3.25. The summed E-state index contributed by atoms with van der Waals surface area (Å²) in [5.41, 5.74) is 1.30. The summed E-state index contributed by atoms with van der Waals surface area (Å²) < 4.78 is 17.1. The van der Waals surface area contributed by atoms with Crippen molar-refractivity contribution < 1.29 is 9.18 Å². The first-order valence-corrected chi connectivity index (χ1v) is 11.2. The minimum atomic E-state index is -0.509. The first kappa shape index (κ1) is 23.9. The first-order valence-electron chi connectivity index (χ1n) is 11.2. The van der Waals surface area contributed by atoms with Gasteiger partial charge in [-0.2, -0.15) is 0 Å². The van der Waals surface area contributed by atoms with Gasteiger partial charge in [-0.3, -0.25) is 18.7 Å². The molecule has 0 aliphatic heterocycles. The van der Waals surface area contributed by atoms with Crippen molar-refractivity contribution in [1.29, 1.82) is 0 Å². The molecule has 0 unspecified atom stereocenters. The largest absolute Gasteiger partial charge is 0.373 e. The van der Waals surface area contributed by atoms with Crippen LogP contribution in [0.2, 0.25) is 0 Å². The van der Waals surface area contributed by atoms with Crippen molar-refractivity contribution in [3.63, 3.8) is 0 Å². The lowest BCUT2D eigenvalue weighted by Gasteiger charge is -2.27. The zero-order valence-corrected chi connectivity index (χ0v) is 19.8. The Kier molecular flexibility index (Phi) is 6.81. The van der Waals surface area contributed by atoms with Crippen LogP contribution in [0.3, 0.4) is 0 Å². The molecule has 1 amide bonds. The quantitative estimate of drug-likeness (QED) is 0.414. The van der Waals surface area contributed by atoms with Gasteiger partial charge >= 0.3 is 5.69 Å². The van der Waals surface area contributed by atoms with E-state index >= 15 is 0 Å². The number of carbonyl (C=O) groups excluding carboxylic acids is 1. The summed E-state index contributed by atoms with van der Waals surface area (Å²) in [5, 5.41) is 3.06. The van der Waals surface area contributed by atoms with E-state index in [0.717, 1.165) is 15.8 Å². The van der Waals surface area contributed by atoms with Crippen molar-refractivity contribution in [3.05, 3.63) is 93.1 Å². The summed E-state index contributed by atoms with van der Waals surface area (Å²) in [6, 6.07) is 15.7. The molecule has 9 nitrogen and oxygen atoms in total. The summed E-state index contributed by atoms with van der Waals surface area (Å²) in [6.07, 6.45) is 1.97. The molecule has 0 saturated heterocycles. The molecule has 1 atom stereocenters.